The van der Waals surface area contributed by atoms with E-state index in [0.29, 0.717) is 36.9 Å². The topological polar surface area (TPSA) is 59.6 Å². The fourth-order valence-electron chi connectivity index (χ4n) is 2.35. The molecule has 0 unspecified atom stereocenters. The van der Waals surface area contributed by atoms with Gasteiger partial charge in [-0.3, -0.25) is 4.79 Å². The first-order valence-corrected chi connectivity index (χ1v) is 7.66. The first-order chi connectivity index (χ1) is 11.2. The van der Waals surface area contributed by atoms with E-state index < -0.39 is 0 Å². The van der Waals surface area contributed by atoms with Crippen molar-refractivity contribution in [2.45, 2.75) is 13.5 Å². The average molecular weight is 312 g/mol. The van der Waals surface area contributed by atoms with Crippen molar-refractivity contribution in [1.29, 1.82) is 0 Å². The van der Waals surface area contributed by atoms with Crippen LogP contribution in [-0.2, 0) is 11.3 Å². The normalized spacial score (nSPS) is 12.7. The molecule has 0 saturated heterocycles. The summed E-state index contributed by atoms with van der Waals surface area (Å²) in [5.41, 5.74) is 3.09. The summed E-state index contributed by atoms with van der Waals surface area (Å²) in [6.45, 7) is 4.05. The van der Waals surface area contributed by atoms with Crippen molar-refractivity contribution in [1.82, 2.24) is 5.32 Å². The predicted molar refractivity (Wildman–Crippen MR) is 88.9 cm³/mol. The van der Waals surface area contributed by atoms with Gasteiger partial charge in [0.1, 0.15) is 13.2 Å². The second kappa shape index (κ2) is 7.15. The maximum Gasteiger partial charge on any atom is 0.238 e. The molecule has 1 heterocycles. The van der Waals surface area contributed by atoms with E-state index in [4.69, 9.17) is 9.47 Å². The summed E-state index contributed by atoms with van der Waals surface area (Å²) in [6, 6.07) is 13.6. The van der Waals surface area contributed by atoms with E-state index >= 15 is 0 Å². The van der Waals surface area contributed by atoms with Gasteiger partial charge in [-0.25, -0.2) is 0 Å². The summed E-state index contributed by atoms with van der Waals surface area (Å²) in [4.78, 5) is 12.0. The largest absolute Gasteiger partial charge is 0.486 e. The number of ether oxygens (including phenoxy) is 2. The van der Waals surface area contributed by atoms with Crippen LogP contribution >= 0.6 is 0 Å². The molecule has 0 radical (unpaired) electrons. The number of carbonyl (C=O) groups is 1. The molecule has 0 atom stereocenters. The number of anilines is 1. The zero-order valence-electron chi connectivity index (χ0n) is 13.1. The number of amides is 1. The van der Waals surface area contributed by atoms with Gasteiger partial charge in [0.2, 0.25) is 5.91 Å². The molecule has 1 amide bonds. The highest BCUT2D eigenvalue weighted by molar-refractivity contribution is 5.92. The number of hydrogen-bond donors (Lipinski definition) is 2. The molecule has 1 aliphatic heterocycles. The van der Waals surface area contributed by atoms with Gasteiger partial charge in [0, 0.05) is 18.3 Å². The lowest BCUT2D eigenvalue weighted by atomic mass is 10.1. The fraction of sp³-hybridized carbons (Fsp3) is 0.278. The van der Waals surface area contributed by atoms with Gasteiger partial charge in [-0.05, 0) is 24.6 Å². The lowest BCUT2D eigenvalue weighted by Crippen LogP contribution is -2.27. The van der Waals surface area contributed by atoms with Gasteiger partial charge in [-0.2, -0.15) is 0 Å². The highest BCUT2D eigenvalue weighted by atomic mass is 16.6. The Morgan fingerprint density at radius 3 is 2.57 bits per heavy atom. The first-order valence-electron chi connectivity index (χ1n) is 7.66. The fourth-order valence-corrected chi connectivity index (χ4v) is 2.35. The number of nitrogens with one attached hydrogen (secondary N) is 2. The van der Waals surface area contributed by atoms with Crippen LogP contribution in [0.15, 0.2) is 42.5 Å². The smallest absolute Gasteiger partial charge is 0.238 e. The number of fused-ring (bicyclic) bond motifs is 1. The third kappa shape index (κ3) is 4.23. The second-order valence-electron chi connectivity index (χ2n) is 5.50. The van der Waals surface area contributed by atoms with Crippen molar-refractivity contribution in [3.8, 4) is 11.5 Å². The summed E-state index contributed by atoms with van der Waals surface area (Å²) in [5, 5.41) is 5.99. The molecule has 5 nitrogen and oxygen atoms in total. The monoisotopic (exact) mass is 312 g/mol. The molecule has 0 aliphatic carbocycles. The minimum absolute atomic E-state index is 0.0891. The van der Waals surface area contributed by atoms with Crippen molar-refractivity contribution < 1.29 is 14.3 Å². The summed E-state index contributed by atoms with van der Waals surface area (Å²) in [5.74, 6) is 1.29. The minimum atomic E-state index is -0.0891. The Labute approximate surface area is 135 Å². The van der Waals surface area contributed by atoms with Gasteiger partial charge < -0.3 is 20.1 Å². The number of benzene rings is 2. The Bertz CT molecular complexity index is 683. The van der Waals surface area contributed by atoms with Gasteiger partial charge in [-0.15, -0.1) is 0 Å². The van der Waals surface area contributed by atoms with Crippen LogP contribution in [0.3, 0.4) is 0 Å². The lowest BCUT2D eigenvalue weighted by Gasteiger charge is -2.19. The van der Waals surface area contributed by atoms with E-state index in [1.165, 1.54) is 5.56 Å². The molecule has 0 spiro atoms. The van der Waals surface area contributed by atoms with Crippen molar-refractivity contribution in [2.24, 2.45) is 0 Å². The van der Waals surface area contributed by atoms with Gasteiger partial charge in [-0.1, -0.05) is 29.8 Å². The van der Waals surface area contributed by atoms with Crippen molar-refractivity contribution in [2.75, 3.05) is 25.1 Å². The maximum atomic E-state index is 12.0. The van der Waals surface area contributed by atoms with Crippen LogP contribution in [0.2, 0.25) is 0 Å². The molecule has 0 aromatic heterocycles. The molecule has 2 aromatic rings. The highest BCUT2D eigenvalue weighted by Crippen LogP contribution is 2.32. The van der Waals surface area contributed by atoms with Crippen molar-refractivity contribution in [3.63, 3.8) is 0 Å². The van der Waals surface area contributed by atoms with Gasteiger partial charge in [0.25, 0.3) is 0 Å². The molecule has 0 fully saturated rings. The SMILES string of the molecule is Cc1ccc(CNCC(=O)Nc2ccc3c(c2)OCCO3)cc1. The van der Waals surface area contributed by atoms with Crippen LogP contribution in [0.5, 0.6) is 11.5 Å². The Kier molecular flexibility index (Phi) is 4.78. The third-order valence-corrected chi connectivity index (χ3v) is 3.56. The van der Waals surface area contributed by atoms with E-state index in [1.54, 1.807) is 6.07 Å². The Hall–Kier alpha value is -2.53. The van der Waals surface area contributed by atoms with E-state index in [1.807, 2.05) is 12.1 Å². The first kappa shape index (κ1) is 15.4. The molecular formula is C18H20N2O3. The summed E-state index contributed by atoms with van der Waals surface area (Å²) in [7, 11) is 0. The van der Waals surface area contributed by atoms with Crippen LogP contribution in [0, 0.1) is 6.92 Å². The zero-order valence-corrected chi connectivity index (χ0v) is 13.1. The Morgan fingerprint density at radius 1 is 1.04 bits per heavy atom. The summed E-state index contributed by atoms with van der Waals surface area (Å²) >= 11 is 0. The van der Waals surface area contributed by atoms with Crippen LogP contribution in [0.1, 0.15) is 11.1 Å². The highest BCUT2D eigenvalue weighted by Gasteiger charge is 2.12. The molecular weight excluding hydrogens is 292 g/mol. The van der Waals surface area contributed by atoms with E-state index in [9.17, 15) is 4.79 Å². The van der Waals surface area contributed by atoms with Crippen molar-refractivity contribution >= 4 is 11.6 Å². The Morgan fingerprint density at radius 2 is 1.78 bits per heavy atom. The maximum absolute atomic E-state index is 12.0. The second-order valence-corrected chi connectivity index (χ2v) is 5.50. The predicted octanol–water partition coefficient (Wildman–Crippen LogP) is 2.49. The molecule has 2 aromatic carbocycles. The number of carbonyl (C=O) groups excluding carboxylic acids is 1. The number of rotatable bonds is 5. The molecule has 23 heavy (non-hydrogen) atoms. The summed E-state index contributed by atoms with van der Waals surface area (Å²) < 4.78 is 11.0. The molecule has 120 valence electrons. The van der Waals surface area contributed by atoms with Crippen LogP contribution in [-0.4, -0.2) is 25.7 Å². The van der Waals surface area contributed by atoms with Gasteiger partial charge >= 0.3 is 0 Å². The molecule has 0 bridgehead atoms. The van der Waals surface area contributed by atoms with E-state index in [-0.39, 0.29) is 12.5 Å². The van der Waals surface area contributed by atoms with Crippen LogP contribution in [0.25, 0.3) is 0 Å². The zero-order chi connectivity index (χ0) is 16.1. The van der Waals surface area contributed by atoms with E-state index in [2.05, 4.69) is 41.8 Å². The molecule has 2 N–H and O–H groups in total. The van der Waals surface area contributed by atoms with E-state index in [0.717, 1.165) is 5.56 Å². The average Bonchev–Trinajstić information content (AvgIpc) is 2.56. The minimum Gasteiger partial charge on any atom is -0.486 e. The number of aryl methyl sites for hydroxylation is 1. The molecule has 0 saturated carbocycles. The molecule has 3 rings (SSSR count). The molecule has 1 aliphatic rings. The van der Waals surface area contributed by atoms with Crippen LogP contribution < -0.4 is 20.1 Å². The quantitative estimate of drug-likeness (QED) is 0.890. The van der Waals surface area contributed by atoms with Crippen molar-refractivity contribution in [3.05, 3.63) is 53.6 Å². The molecule has 5 heteroatoms. The lowest BCUT2D eigenvalue weighted by molar-refractivity contribution is -0.115. The standard InChI is InChI=1S/C18H20N2O3/c1-13-2-4-14(5-3-13)11-19-12-18(21)20-15-6-7-16-17(10-15)23-9-8-22-16/h2-7,10,19H,8-9,11-12H2,1H3,(H,20,21). The van der Waals surface area contributed by atoms with Crippen LogP contribution in [0.4, 0.5) is 5.69 Å². The number of hydrogen-bond acceptors (Lipinski definition) is 4. The summed E-state index contributed by atoms with van der Waals surface area (Å²) in [6.07, 6.45) is 0. The van der Waals surface area contributed by atoms with Gasteiger partial charge in [0.15, 0.2) is 11.5 Å². The van der Waals surface area contributed by atoms with Gasteiger partial charge in [0.05, 0.1) is 6.54 Å². The Balaban J connectivity index is 1.48. The third-order valence-electron chi connectivity index (χ3n) is 3.56.